The highest BCUT2D eigenvalue weighted by molar-refractivity contribution is 7.90. The molecule has 0 heterocycles. The number of hydrogen-bond donors (Lipinski definition) is 1. The topological polar surface area (TPSA) is 60.2 Å². The van der Waals surface area contributed by atoms with Crippen molar-refractivity contribution >= 4 is 21.4 Å². The molecule has 2 N–H and O–H groups in total. The van der Waals surface area contributed by atoms with Crippen LogP contribution in [0.15, 0.2) is 24.3 Å². The standard InChI is InChI=1S/C14H22ClNO2S/c1-14(2,11-16)8-3-9-19(17,18)10-12-4-6-13(15)7-5-12/h4-7H,3,8-11,16H2,1-2H3. The van der Waals surface area contributed by atoms with Crippen molar-refractivity contribution in [1.29, 1.82) is 0 Å². The summed E-state index contributed by atoms with van der Waals surface area (Å²) in [6, 6.07) is 6.93. The average Bonchev–Trinajstić information content (AvgIpc) is 2.31. The van der Waals surface area contributed by atoms with Gasteiger partial charge in [0.05, 0.1) is 11.5 Å². The maximum atomic E-state index is 12.0. The number of halogens is 1. The van der Waals surface area contributed by atoms with E-state index in [1.165, 1.54) is 0 Å². The fraction of sp³-hybridized carbons (Fsp3) is 0.571. The molecule has 5 heteroatoms. The molecule has 0 aliphatic heterocycles. The van der Waals surface area contributed by atoms with Gasteiger partial charge in [-0.25, -0.2) is 8.42 Å². The van der Waals surface area contributed by atoms with E-state index >= 15 is 0 Å². The third-order valence-electron chi connectivity index (χ3n) is 3.16. The molecule has 0 aromatic heterocycles. The number of nitrogens with two attached hydrogens (primary N) is 1. The quantitative estimate of drug-likeness (QED) is 0.842. The first-order valence-electron chi connectivity index (χ1n) is 6.39. The summed E-state index contributed by atoms with van der Waals surface area (Å²) >= 11 is 5.77. The predicted molar refractivity (Wildman–Crippen MR) is 81.0 cm³/mol. The minimum absolute atomic E-state index is 0.00971. The molecular weight excluding hydrogens is 282 g/mol. The monoisotopic (exact) mass is 303 g/mol. The molecule has 1 rings (SSSR count). The first kappa shape index (κ1) is 16.5. The first-order valence-corrected chi connectivity index (χ1v) is 8.59. The molecule has 0 unspecified atom stereocenters. The van der Waals surface area contributed by atoms with Gasteiger partial charge in [-0.3, -0.25) is 0 Å². The molecule has 0 saturated heterocycles. The van der Waals surface area contributed by atoms with Crippen LogP contribution in [-0.2, 0) is 15.6 Å². The van der Waals surface area contributed by atoms with Gasteiger partial charge in [-0.2, -0.15) is 0 Å². The smallest absolute Gasteiger partial charge is 0.154 e. The van der Waals surface area contributed by atoms with Crippen molar-refractivity contribution in [1.82, 2.24) is 0 Å². The van der Waals surface area contributed by atoms with Gasteiger partial charge in [0.25, 0.3) is 0 Å². The summed E-state index contributed by atoms with van der Waals surface area (Å²) in [6.07, 6.45) is 1.48. The van der Waals surface area contributed by atoms with Gasteiger partial charge in [0.1, 0.15) is 0 Å². The van der Waals surface area contributed by atoms with Gasteiger partial charge in [0.2, 0.25) is 0 Å². The summed E-state index contributed by atoms with van der Waals surface area (Å²) in [7, 11) is -3.06. The Bertz CT molecular complexity index is 495. The van der Waals surface area contributed by atoms with Crippen LogP contribution < -0.4 is 5.73 Å². The fourth-order valence-electron chi connectivity index (χ4n) is 1.78. The summed E-state index contributed by atoms with van der Waals surface area (Å²) in [5, 5.41) is 0.617. The van der Waals surface area contributed by atoms with Crippen molar-refractivity contribution in [2.45, 2.75) is 32.4 Å². The van der Waals surface area contributed by atoms with Gasteiger partial charge in [0.15, 0.2) is 9.84 Å². The van der Waals surface area contributed by atoms with E-state index in [1.54, 1.807) is 24.3 Å². The Morgan fingerprint density at radius 3 is 2.32 bits per heavy atom. The van der Waals surface area contributed by atoms with E-state index in [0.717, 1.165) is 12.0 Å². The third-order valence-corrected chi connectivity index (χ3v) is 5.10. The predicted octanol–water partition coefficient (Wildman–Crippen LogP) is 3.02. The molecule has 0 radical (unpaired) electrons. The Kier molecular flexibility index (Phi) is 5.83. The van der Waals surface area contributed by atoms with Crippen molar-refractivity contribution in [2.24, 2.45) is 11.1 Å². The van der Waals surface area contributed by atoms with E-state index in [-0.39, 0.29) is 16.9 Å². The van der Waals surface area contributed by atoms with E-state index in [9.17, 15) is 8.42 Å². The zero-order valence-corrected chi connectivity index (χ0v) is 13.1. The van der Waals surface area contributed by atoms with Crippen molar-refractivity contribution in [3.8, 4) is 0 Å². The third kappa shape index (κ3) is 6.41. The molecule has 0 aliphatic rings. The van der Waals surface area contributed by atoms with E-state index in [2.05, 4.69) is 13.8 Å². The zero-order valence-electron chi connectivity index (χ0n) is 11.5. The van der Waals surface area contributed by atoms with E-state index in [1.807, 2.05) is 0 Å². The molecular formula is C14H22ClNO2S. The average molecular weight is 304 g/mol. The minimum atomic E-state index is -3.06. The van der Waals surface area contributed by atoms with Gasteiger partial charge in [-0.1, -0.05) is 37.6 Å². The largest absolute Gasteiger partial charge is 0.330 e. The Hall–Kier alpha value is -0.580. The molecule has 0 aliphatic carbocycles. The molecule has 0 spiro atoms. The van der Waals surface area contributed by atoms with Crippen LogP contribution in [0.3, 0.4) is 0 Å². The van der Waals surface area contributed by atoms with Crippen molar-refractivity contribution in [3.05, 3.63) is 34.9 Å². The summed E-state index contributed by atoms with van der Waals surface area (Å²) in [6.45, 7) is 4.68. The lowest BCUT2D eigenvalue weighted by Gasteiger charge is -2.21. The second-order valence-electron chi connectivity index (χ2n) is 5.69. The number of rotatable bonds is 7. The minimum Gasteiger partial charge on any atom is -0.330 e. The Balaban J connectivity index is 2.51. The number of sulfone groups is 1. The Labute approximate surface area is 121 Å². The van der Waals surface area contributed by atoms with E-state index in [0.29, 0.717) is 18.0 Å². The molecule has 19 heavy (non-hydrogen) atoms. The fourth-order valence-corrected chi connectivity index (χ4v) is 3.33. The second-order valence-corrected chi connectivity index (χ2v) is 8.31. The van der Waals surface area contributed by atoms with Crippen molar-refractivity contribution in [2.75, 3.05) is 12.3 Å². The second kappa shape index (κ2) is 6.73. The Morgan fingerprint density at radius 2 is 1.79 bits per heavy atom. The summed E-state index contributed by atoms with van der Waals surface area (Å²) in [5.74, 6) is 0.284. The summed E-state index contributed by atoms with van der Waals surface area (Å²) in [4.78, 5) is 0. The Morgan fingerprint density at radius 1 is 1.21 bits per heavy atom. The lowest BCUT2D eigenvalue weighted by Crippen LogP contribution is -2.24. The van der Waals surface area contributed by atoms with Gasteiger partial charge < -0.3 is 5.73 Å². The lowest BCUT2D eigenvalue weighted by atomic mass is 9.88. The van der Waals surface area contributed by atoms with Crippen LogP contribution >= 0.6 is 11.6 Å². The molecule has 108 valence electrons. The normalized spacial score (nSPS) is 12.6. The van der Waals surface area contributed by atoms with Gasteiger partial charge in [-0.05, 0) is 42.5 Å². The van der Waals surface area contributed by atoms with Gasteiger partial charge in [-0.15, -0.1) is 0 Å². The lowest BCUT2D eigenvalue weighted by molar-refractivity contribution is 0.344. The maximum Gasteiger partial charge on any atom is 0.154 e. The molecule has 0 atom stereocenters. The highest BCUT2D eigenvalue weighted by Crippen LogP contribution is 2.21. The number of hydrogen-bond acceptors (Lipinski definition) is 3. The van der Waals surface area contributed by atoms with Crippen molar-refractivity contribution in [3.63, 3.8) is 0 Å². The molecule has 1 aromatic rings. The van der Waals surface area contributed by atoms with Crippen LogP contribution in [-0.4, -0.2) is 20.7 Å². The molecule has 0 fully saturated rings. The summed E-state index contributed by atoms with van der Waals surface area (Å²) < 4.78 is 24.0. The molecule has 0 bridgehead atoms. The van der Waals surface area contributed by atoms with Crippen molar-refractivity contribution < 1.29 is 8.42 Å². The zero-order chi connectivity index (χ0) is 14.5. The van der Waals surface area contributed by atoms with Gasteiger partial charge in [0, 0.05) is 5.02 Å². The SMILES string of the molecule is CC(C)(CN)CCCS(=O)(=O)Cc1ccc(Cl)cc1. The molecule has 0 saturated carbocycles. The van der Waals surface area contributed by atoms with Crippen LogP contribution in [0.1, 0.15) is 32.3 Å². The highest BCUT2D eigenvalue weighted by atomic mass is 35.5. The molecule has 1 aromatic carbocycles. The molecule has 3 nitrogen and oxygen atoms in total. The highest BCUT2D eigenvalue weighted by Gasteiger charge is 2.18. The van der Waals surface area contributed by atoms with E-state index < -0.39 is 9.84 Å². The first-order chi connectivity index (χ1) is 8.74. The summed E-state index contributed by atoms with van der Waals surface area (Å²) in [5.41, 5.74) is 6.42. The van der Waals surface area contributed by atoms with Crippen LogP contribution in [0, 0.1) is 5.41 Å². The van der Waals surface area contributed by atoms with Crippen LogP contribution in [0.2, 0.25) is 5.02 Å². The van der Waals surface area contributed by atoms with E-state index in [4.69, 9.17) is 17.3 Å². The van der Waals surface area contributed by atoms with Gasteiger partial charge >= 0.3 is 0 Å². The van der Waals surface area contributed by atoms with Crippen LogP contribution in [0.25, 0.3) is 0 Å². The van der Waals surface area contributed by atoms with Crippen LogP contribution in [0.4, 0.5) is 0 Å². The maximum absolute atomic E-state index is 12.0. The molecule has 0 amide bonds. The van der Waals surface area contributed by atoms with Crippen LogP contribution in [0.5, 0.6) is 0 Å². The number of benzene rings is 1.